The lowest BCUT2D eigenvalue weighted by molar-refractivity contribution is -0.150. The number of carbonyl (C=O) groups excluding carboxylic acids is 3. The fourth-order valence-electron chi connectivity index (χ4n) is 5.93. The van der Waals surface area contributed by atoms with Crippen molar-refractivity contribution in [1.29, 1.82) is 0 Å². The van der Waals surface area contributed by atoms with Crippen LogP contribution in [0.15, 0.2) is 32.2 Å². The van der Waals surface area contributed by atoms with Gasteiger partial charge in [-0.2, -0.15) is 0 Å². The monoisotopic (exact) mass is 470 g/mol. The van der Waals surface area contributed by atoms with Crippen molar-refractivity contribution in [2.24, 2.45) is 23.3 Å². The van der Waals surface area contributed by atoms with Crippen LogP contribution in [-0.4, -0.2) is 49.4 Å². The minimum atomic E-state index is -2.77. The molecule has 1 heterocycles. The lowest BCUT2D eigenvalue weighted by Gasteiger charge is -2.52. The van der Waals surface area contributed by atoms with E-state index in [0.717, 1.165) is 0 Å². The molecule has 0 saturated heterocycles. The van der Waals surface area contributed by atoms with Gasteiger partial charge in [0.15, 0.2) is 17.0 Å². The Kier molecular flexibility index (Phi) is 4.10. The predicted molar refractivity (Wildman–Crippen MR) is 117 cm³/mol. The maximum absolute atomic E-state index is 13.8. The molecule has 4 atom stereocenters. The van der Waals surface area contributed by atoms with E-state index in [1.54, 1.807) is 13.8 Å². The van der Waals surface area contributed by atoms with Crippen LogP contribution in [0.3, 0.4) is 0 Å². The van der Waals surface area contributed by atoms with Crippen LogP contribution in [0.4, 0.5) is 5.69 Å². The first-order valence-corrected chi connectivity index (χ1v) is 10.4. The quantitative estimate of drug-likeness (QED) is 0.206. The van der Waals surface area contributed by atoms with E-state index < -0.39 is 69.2 Å². The van der Waals surface area contributed by atoms with Crippen LogP contribution in [0.2, 0.25) is 0 Å². The fourth-order valence-corrected chi connectivity index (χ4v) is 5.93. The highest BCUT2D eigenvalue weighted by Crippen LogP contribution is 2.58. The van der Waals surface area contributed by atoms with Gasteiger partial charge in [-0.05, 0) is 23.5 Å². The van der Waals surface area contributed by atoms with Crippen molar-refractivity contribution < 1.29 is 34.1 Å². The lowest BCUT2D eigenvalue weighted by atomic mass is 9.52. The van der Waals surface area contributed by atoms with Crippen molar-refractivity contribution in [3.63, 3.8) is 0 Å². The molecule has 1 aromatic heterocycles. The van der Waals surface area contributed by atoms with Gasteiger partial charge in [-0.3, -0.25) is 19.4 Å². The van der Waals surface area contributed by atoms with Crippen molar-refractivity contribution in [3.05, 3.63) is 44.6 Å². The van der Waals surface area contributed by atoms with E-state index in [-0.39, 0.29) is 34.3 Å². The Morgan fingerprint density at radius 2 is 1.88 bits per heavy atom. The largest absolute Gasteiger partial charge is 0.508 e. The second-order valence-electron chi connectivity index (χ2n) is 9.56. The summed E-state index contributed by atoms with van der Waals surface area (Å²) < 4.78 is 5.21. The summed E-state index contributed by atoms with van der Waals surface area (Å²) in [7, 11) is 0. The molecule has 3 aliphatic carbocycles. The average molecular weight is 470 g/mol. The molecule has 34 heavy (non-hydrogen) atoms. The topological polar surface area (TPSA) is 236 Å². The first kappa shape index (κ1) is 21.9. The minimum Gasteiger partial charge on any atom is -0.508 e. The van der Waals surface area contributed by atoms with Gasteiger partial charge in [-0.25, -0.2) is 4.79 Å². The second-order valence-corrected chi connectivity index (χ2v) is 9.56. The standard InChI is InChI=1S/C22H22N4O8/c1-21(2)5-3-6-13(24)15(28)11(19(25)31)18(30)22(6,33)17(29)9(5)14(27)10-12(21)7(23)4-8-16(10)34-20(32)26-8/h4-6,13,27,30,33H,3,23-24H2,1-2H3,(H2,25,31)(H,26,32)/t5-,6-,13-,22-/m0/s1. The summed E-state index contributed by atoms with van der Waals surface area (Å²) in [5.74, 6) is -8.21. The van der Waals surface area contributed by atoms with Gasteiger partial charge in [-0.1, -0.05) is 13.8 Å². The molecular weight excluding hydrogens is 448 g/mol. The van der Waals surface area contributed by atoms with Gasteiger partial charge in [0.1, 0.15) is 17.1 Å². The Labute approximate surface area is 190 Å². The molecule has 0 radical (unpaired) electrons. The third-order valence-electron chi connectivity index (χ3n) is 7.54. The summed E-state index contributed by atoms with van der Waals surface area (Å²) in [6.07, 6.45) is -0.119. The number of H-pyrrole nitrogens is 1. The van der Waals surface area contributed by atoms with Crippen molar-refractivity contribution in [2.75, 3.05) is 5.73 Å². The van der Waals surface area contributed by atoms with Crippen LogP contribution < -0.4 is 23.0 Å². The number of rotatable bonds is 1. The van der Waals surface area contributed by atoms with Crippen LogP contribution in [0.25, 0.3) is 16.9 Å². The summed E-state index contributed by atoms with van der Waals surface area (Å²) in [5.41, 5.74) is 13.3. The molecular formula is C22H22N4O8. The number of fused-ring (bicyclic) bond motifs is 5. The van der Waals surface area contributed by atoms with Crippen LogP contribution >= 0.6 is 0 Å². The lowest BCUT2D eigenvalue weighted by Crippen LogP contribution is -2.66. The highest BCUT2D eigenvalue weighted by Gasteiger charge is 2.65. The van der Waals surface area contributed by atoms with Crippen molar-refractivity contribution in [1.82, 2.24) is 4.98 Å². The number of aromatic amines is 1. The fraction of sp³-hybridized carbons (Fsp3) is 0.364. The number of benzene rings is 1. The predicted octanol–water partition coefficient (Wildman–Crippen LogP) is -0.593. The number of Topliss-reactive ketones (excluding diaryl/α,β-unsaturated/α-hetero) is 2. The highest BCUT2D eigenvalue weighted by atomic mass is 16.4. The van der Waals surface area contributed by atoms with Gasteiger partial charge in [0, 0.05) is 23.1 Å². The summed E-state index contributed by atoms with van der Waals surface area (Å²) in [6, 6.07) is -0.0420. The van der Waals surface area contributed by atoms with Crippen molar-refractivity contribution in [3.8, 4) is 0 Å². The molecule has 1 fully saturated rings. The van der Waals surface area contributed by atoms with Gasteiger partial charge >= 0.3 is 5.76 Å². The molecule has 12 heteroatoms. The summed E-state index contributed by atoms with van der Waals surface area (Å²) >= 11 is 0. The number of aliphatic hydroxyl groups is 3. The van der Waals surface area contributed by atoms with Gasteiger partial charge in [0.05, 0.1) is 17.1 Å². The zero-order valence-electron chi connectivity index (χ0n) is 18.1. The zero-order chi connectivity index (χ0) is 25.1. The molecule has 5 rings (SSSR count). The first-order valence-electron chi connectivity index (χ1n) is 10.4. The van der Waals surface area contributed by atoms with Crippen molar-refractivity contribution >= 4 is 40.0 Å². The number of primary amides is 1. The van der Waals surface area contributed by atoms with Crippen molar-refractivity contribution in [2.45, 2.75) is 37.3 Å². The molecule has 0 aliphatic heterocycles. The number of amides is 1. The summed E-state index contributed by atoms with van der Waals surface area (Å²) in [5, 5.41) is 33.5. The molecule has 0 spiro atoms. The summed E-state index contributed by atoms with van der Waals surface area (Å²) in [6.45, 7) is 3.49. The molecule has 1 amide bonds. The smallest absolute Gasteiger partial charge is 0.417 e. The Morgan fingerprint density at radius 1 is 1.24 bits per heavy atom. The van der Waals surface area contributed by atoms with E-state index in [0.29, 0.717) is 5.56 Å². The van der Waals surface area contributed by atoms with Crippen LogP contribution in [0.5, 0.6) is 0 Å². The number of hydrogen-bond acceptors (Lipinski definition) is 10. The Hall–Kier alpha value is -3.90. The number of aliphatic hydroxyl groups excluding tert-OH is 2. The third kappa shape index (κ3) is 2.33. The highest BCUT2D eigenvalue weighted by molar-refractivity contribution is 6.24. The SMILES string of the molecule is CC1(C)c2c(N)cc3[nH]c(=O)oc3c2C(O)=C2C(=O)[C@]3(O)C(O)=C(C(N)=O)C(=O)[C@@H](N)[C@@H]3C[C@@H]21. The normalized spacial score (nSPS) is 30.3. The molecule has 10 N–H and O–H groups in total. The van der Waals surface area contributed by atoms with Crippen LogP contribution in [0.1, 0.15) is 31.4 Å². The maximum Gasteiger partial charge on any atom is 0.417 e. The number of nitrogen functional groups attached to an aromatic ring is 1. The molecule has 0 unspecified atom stereocenters. The molecule has 12 nitrogen and oxygen atoms in total. The molecule has 1 aromatic carbocycles. The van der Waals surface area contributed by atoms with Gasteiger partial charge in [-0.15, -0.1) is 0 Å². The molecule has 2 aromatic rings. The van der Waals surface area contributed by atoms with E-state index in [4.69, 9.17) is 21.6 Å². The number of nitrogens with two attached hydrogens (primary N) is 3. The minimum absolute atomic E-state index is 0.00483. The van der Waals surface area contributed by atoms with Gasteiger partial charge in [0.25, 0.3) is 5.91 Å². The Morgan fingerprint density at radius 3 is 2.50 bits per heavy atom. The van der Waals surface area contributed by atoms with Gasteiger partial charge < -0.3 is 36.9 Å². The van der Waals surface area contributed by atoms with E-state index >= 15 is 0 Å². The maximum atomic E-state index is 13.8. The van der Waals surface area contributed by atoms with E-state index in [1.165, 1.54) is 6.07 Å². The molecule has 178 valence electrons. The van der Waals surface area contributed by atoms with E-state index in [9.17, 15) is 34.5 Å². The number of ketones is 2. The number of aromatic nitrogens is 1. The van der Waals surface area contributed by atoms with E-state index in [2.05, 4.69) is 4.98 Å². The Bertz CT molecular complexity index is 1480. The third-order valence-corrected chi connectivity index (χ3v) is 7.54. The number of nitrogens with one attached hydrogen (secondary N) is 1. The number of hydrogen-bond donors (Lipinski definition) is 7. The number of anilines is 1. The molecule has 1 saturated carbocycles. The average Bonchev–Trinajstić information content (AvgIpc) is 3.10. The second kappa shape index (κ2) is 6.36. The molecule has 3 aliphatic rings. The first-order chi connectivity index (χ1) is 15.7. The zero-order valence-corrected chi connectivity index (χ0v) is 18.1. The van der Waals surface area contributed by atoms with Crippen LogP contribution in [0, 0.1) is 11.8 Å². The van der Waals surface area contributed by atoms with Gasteiger partial charge in [0.2, 0.25) is 5.78 Å². The van der Waals surface area contributed by atoms with Crippen LogP contribution in [-0.2, 0) is 19.8 Å². The summed E-state index contributed by atoms with van der Waals surface area (Å²) in [4.78, 5) is 52.6. The molecule has 0 bridgehead atoms. The van der Waals surface area contributed by atoms with E-state index in [1.807, 2.05) is 0 Å². The number of carbonyl (C=O) groups is 3. The Balaban J connectivity index is 1.86. The number of oxazole rings is 1.